The minimum absolute atomic E-state index is 0.0640. The number of halogens is 1. The van der Waals surface area contributed by atoms with Gasteiger partial charge in [-0.1, -0.05) is 60.8 Å². The molecule has 0 saturated carbocycles. The molecule has 3 aromatic carbocycles. The summed E-state index contributed by atoms with van der Waals surface area (Å²) < 4.78 is 6.22. The van der Waals surface area contributed by atoms with Crippen molar-refractivity contribution < 1.29 is 9.53 Å². The van der Waals surface area contributed by atoms with Gasteiger partial charge in [0, 0.05) is 28.4 Å². The van der Waals surface area contributed by atoms with Gasteiger partial charge in [-0.25, -0.2) is 0 Å². The molecule has 41 heavy (non-hydrogen) atoms. The van der Waals surface area contributed by atoms with Gasteiger partial charge in [-0.05, 0) is 92.1 Å². The molecule has 0 saturated heterocycles. The van der Waals surface area contributed by atoms with E-state index in [2.05, 4.69) is 32.0 Å². The number of hydrogen-bond acceptors (Lipinski definition) is 5. The first-order valence-electron chi connectivity index (χ1n) is 13.9. The SMILES string of the molecule is Cc1ccc(N2C(N)=C(C#N)C(c3cc(C)cc(COc4ccc(Cl)cc4C)c3C)C3=C2CC(C)(C)CC3=O)cc1. The summed E-state index contributed by atoms with van der Waals surface area (Å²) in [5, 5.41) is 11.2. The van der Waals surface area contributed by atoms with Gasteiger partial charge in [0.25, 0.3) is 0 Å². The molecule has 0 bridgehead atoms. The minimum atomic E-state index is -0.545. The number of benzene rings is 3. The highest BCUT2D eigenvalue weighted by molar-refractivity contribution is 6.30. The van der Waals surface area contributed by atoms with Crippen molar-refractivity contribution in [1.82, 2.24) is 0 Å². The second kappa shape index (κ2) is 10.8. The summed E-state index contributed by atoms with van der Waals surface area (Å²) in [6, 6.07) is 20.2. The monoisotopic (exact) mass is 565 g/mol. The molecule has 210 valence electrons. The molecule has 6 heteroatoms. The van der Waals surface area contributed by atoms with E-state index in [9.17, 15) is 10.1 Å². The fourth-order valence-corrected chi connectivity index (χ4v) is 6.38. The van der Waals surface area contributed by atoms with Gasteiger partial charge in [-0.15, -0.1) is 0 Å². The van der Waals surface area contributed by atoms with E-state index >= 15 is 0 Å². The highest BCUT2D eigenvalue weighted by Gasteiger charge is 2.45. The lowest BCUT2D eigenvalue weighted by atomic mass is 9.68. The van der Waals surface area contributed by atoms with E-state index in [1.807, 2.05) is 75.1 Å². The number of ether oxygens (including phenoxy) is 1. The van der Waals surface area contributed by atoms with E-state index in [0.717, 1.165) is 50.5 Å². The number of carbonyl (C=O) groups is 1. The smallest absolute Gasteiger partial charge is 0.162 e. The molecule has 1 heterocycles. The summed E-state index contributed by atoms with van der Waals surface area (Å²) in [6.45, 7) is 12.6. The van der Waals surface area contributed by atoms with Crippen molar-refractivity contribution in [3.8, 4) is 11.8 Å². The maximum absolute atomic E-state index is 14.0. The predicted octanol–water partition coefficient (Wildman–Crippen LogP) is 8.09. The van der Waals surface area contributed by atoms with Crippen molar-refractivity contribution in [3.63, 3.8) is 0 Å². The van der Waals surface area contributed by atoms with Crippen molar-refractivity contribution in [3.05, 3.63) is 116 Å². The Labute approximate surface area is 247 Å². The van der Waals surface area contributed by atoms with E-state index in [-0.39, 0.29) is 11.2 Å². The lowest BCUT2D eigenvalue weighted by Crippen LogP contribution is -2.42. The van der Waals surface area contributed by atoms with E-state index in [0.29, 0.717) is 41.4 Å². The average Bonchev–Trinajstić information content (AvgIpc) is 2.89. The first kappa shape index (κ1) is 28.5. The van der Waals surface area contributed by atoms with Crippen LogP contribution in [-0.4, -0.2) is 5.78 Å². The van der Waals surface area contributed by atoms with Crippen molar-refractivity contribution >= 4 is 23.1 Å². The third kappa shape index (κ3) is 5.37. The Morgan fingerprint density at radius 1 is 1.02 bits per heavy atom. The number of allylic oxidation sites excluding steroid dienone is 3. The van der Waals surface area contributed by atoms with Gasteiger partial charge in [0.15, 0.2) is 5.78 Å². The molecule has 1 aliphatic carbocycles. The number of carbonyl (C=O) groups excluding carboxylic acids is 1. The number of anilines is 1. The number of rotatable bonds is 5. The Morgan fingerprint density at radius 2 is 1.73 bits per heavy atom. The second-order valence-electron chi connectivity index (χ2n) is 12.2. The Balaban J connectivity index is 1.66. The van der Waals surface area contributed by atoms with Crippen LogP contribution >= 0.6 is 11.6 Å². The van der Waals surface area contributed by atoms with E-state index in [1.54, 1.807) is 0 Å². The molecule has 0 spiro atoms. The summed E-state index contributed by atoms with van der Waals surface area (Å²) in [6.07, 6.45) is 1.09. The van der Waals surface area contributed by atoms with Crippen LogP contribution in [0.15, 0.2) is 77.3 Å². The zero-order chi connectivity index (χ0) is 29.6. The number of nitrogens with zero attached hydrogens (tertiary/aromatic N) is 2. The summed E-state index contributed by atoms with van der Waals surface area (Å²) in [5.74, 6) is 0.659. The van der Waals surface area contributed by atoms with E-state index < -0.39 is 5.92 Å². The Morgan fingerprint density at radius 3 is 2.39 bits per heavy atom. The van der Waals surface area contributed by atoms with Gasteiger partial charge in [-0.3, -0.25) is 9.69 Å². The van der Waals surface area contributed by atoms with Crippen LogP contribution in [0, 0.1) is 44.4 Å². The van der Waals surface area contributed by atoms with Gasteiger partial charge in [0.05, 0.1) is 17.6 Å². The molecule has 2 N–H and O–H groups in total. The molecule has 1 aliphatic heterocycles. The highest BCUT2D eigenvalue weighted by Crippen LogP contribution is 2.51. The van der Waals surface area contributed by atoms with Gasteiger partial charge in [0.1, 0.15) is 18.2 Å². The van der Waals surface area contributed by atoms with Gasteiger partial charge >= 0.3 is 0 Å². The highest BCUT2D eigenvalue weighted by atomic mass is 35.5. The summed E-state index contributed by atoms with van der Waals surface area (Å²) >= 11 is 6.14. The van der Waals surface area contributed by atoms with Crippen LogP contribution < -0.4 is 15.4 Å². The molecule has 3 aromatic rings. The first-order chi connectivity index (χ1) is 19.4. The Bertz CT molecular complexity index is 1660. The van der Waals surface area contributed by atoms with Crippen LogP contribution in [0.25, 0.3) is 0 Å². The first-order valence-corrected chi connectivity index (χ1v) is 14.3. The summed E-state index contributed by atoms with van der Waals surface area (Å²) in [5.41, 5.74) is 15.4. The lowest BCUT2D eigenvalue weighted by Gasteiger charge is -2.44. The van der Waals surface area contributed by atoms with Crippen LogP contribution in [0.1, 0.15) is 66.0 Å². The fourth-order valence-electron chi connectivity index (χ4n) is 6.15. The topological polar surface area (TPSA) is 79.3 Å². The Hall–Kier alpha value is -4.01. The third-order valence-corrected chi connectivity index (χ3v) is 8.44. The van der Waals surface area contributed by atoms with Gasteiger partial charge in [-0.2, -0.15) is 5.26 Å². The van der Waals surface area contributed by atoms with Crippen LogP contribution in [0.3, 0.4) is 0 Å². The number of ketones is 1. The summed E-state index contributed by atoms with van der Waals surface area (Å²) in [4.78, 5) is 15.9. The van der Waals surface area contributed by atoms with E-state index in [1.165, 1.54) is 0 Å². The molecule has 1 atom stereocenters. The van der Waals surface area contributed by atoms with Gasteiger partial charge < -0.3 is 10.5 Å². The zero-order valence-corrected chi connectivity index (χ0v) is 25.3. The largest absolute Gasteiger partial charge is 0.489 e. The van der Waals surface area contributed by atoms with Crippen LogP contribution in [0.2, 0.25) is 5.02 Å². The fraction of sp³-hybridized carbons (Fsp3) is 0.314. The van der Waals surface area contributed by atoms with Crippen LogP contribution in [0.4, 0.5) is 5.69 Å². The van der Waals surface area contributed by atoms with Crippen molar-refractivity contribution in [2.75, 3.05) is 4.90 Å². The second-order valence-corrected chi connectivity index (χ2v) is 12.6. The predicted molar refractivity (Wildman–Crippen MR) is 165 cm³/mol. The number of Topliss-reactive ketones (excluding diaryl/α,β-unsaturated/α-hetero) is 1. The maximum atomic E-state index is 14.0. The molecule has 1 unspecified atom stereocenters. The minimum Gasteiger partial charge on any atom is -0.489 e. The zero-order valence-electron chi connectivity index (χ0n) is 24.6. The molecule has 0 radical (unpaired) electrons. The molecule has 0 amide bonds. The standard InChI is InChI=1S/C35H36ClN3O2/c1-20-7-10-26(11-8-20)39-29-16-35(5,6)17-30(40)33(29)32(28(18-37)34(39)38)27-14-21(2)13-24(23(27)4)19-41-31-12-9-25(36)15-22(31)3/h7-15,32H,16-17,19,38H2,1-6H3. The quantitative estimate of drug-likeness (QED) is 0.338. The van der Waals surface area contributed by atoms with Crippen LogP contribution in [0.5, 0.6) is 5.75 Å². The maximum Gasteiger partial charge on any atom is 0.162 e. The normalized spacial score (nSPS) is 18.3. The molecule has 5 rings (SSSR count). The van der Waals surface area contributed by atoms with Crippen molar-refractivity contribution in [1.29, 1.82) is 5.26 Å². The Kier molecular flexibility index (Phi) is 7.48. The van der Waals surface area contributed by atoms with E-state index in [4.69, 9.17) is 22.1 Å². The number of hydrogen-bond donors (Lipinski definition) is 1. The van der Waals surface area contributed by atoms with Crippen LogP contribution in [-0.2, 0) is 11.4 Å². The van der Waals surface area contributed by atoms with Gasteiger partial charge in [0.2, 0.25) is 0 Å². The number of nitrogens with two attached hydrogens (primary N) is 1. The van der Waals surface area contributed by atoms with Crippen molar-refractivity contribution in [2.24, 2.45) is 11.1 Å². The lowest BCUT2D eigenvalue weighted by molar-refractivity contribution is -0.118. The summed E-state index contributed by atoms with van der Waals surface area (Å²) in [7, 11) is 0. The third-order valence-electron chi connectivity index (χ3n) is 8.20. The molecule has 0 fully saturated rings. The van der Waals surface area contributed by atoms with Crippen molar-refractivity contribution in [2.45, 2.75) is 66.9 Å². The molecule has 2 aliphatic rings. The molecule has 0 aromatic heterocycles. The average molecular weight is 566 g/mol. The number of aryl methyl sites for hydroxylation is 3. The molecular weight excluding hydrogens is 530 g/mol. The number of nitriles is 1. The molecular formula is C35H36ClN3O2. The molecule has 5 nitrogen and oxygen atoms in total.